The zero-order valence-electron chi connectivity index (χ0n) is 10.4. The average Bonchev–Trinajstić information content (AvgIpc) is 2.48. The van der Waals surface area contributed by atoms with E-state index in [4.69, 9.17) is 10.7 Å². The number of hydrogen-bond donors (Lipinski definition) is 1. The van der Waals surface area contributed by atoms with Crippen molar-refractivity contribution in [1.82, 2.24) is 4.98 Å². The van der Waals surface area contributed by atoms with Crippen LogP contribution < -0.4 is 5.73 Å². The lowest BCUT2D eigenvalue weighted by molar-refractivity contribution is 0.582. The number of nitrogens with two attached hydrogens (primary N) is 1. The van der Waals surface area contributed by atoms with Gasteiger partial charge in [0.05, 0.1) is 10.7 Å². The molecule has 15 heavy (non-hydrogen) atoms. The molecule has 2 nitrogen and oxygen atoms in total. The van der Waals surface area contributed by atoms with Crippen LogP contribution in [0.5, 0.6) is 0 Å². The Bertz CT molecular complexity index is 321. The molecule has 2 N–H and O–H groups in total. The van der Waals surface area contributed by atoms with Gasteiger partial charge in [-0.3, -0.25) is 0 Å². The van der Waals surface area contributed by atoms with Crippen LogP contribution >= 0.6 is 11.3 Å². The van der Waals surface area contributed by atoms with Crippen LogP contribution in [0.3, 0.4) is 0 Å². The maximum absolute atomic E-state index is 5.97. The Kier molecular flexibility index (Phi) is 3.90. The van der Waals surface area contributed by atoms with E-state index in [1.54, 1.807) is 11.3 Å². The molecule has 1 atom stereocenters. The van der Waals surface area contributed by atoms with E-state index in [1.165, 1.54) is 15.6 Å². The number of rotatable bonds is 3. The molecule has 1 aromatic rings. The summed E-state index contributed by atoms with van der Waals surface area (Å²) in [5.41, 5.74) is 7.32. The molecule has 0 aliphatic heterocycles. The molecular formula is C12H22N2S. The lowest BCUT2D eigenvalue weighted by atomic mass is 9.98. The minimum atomic E-state index is 0.111. The Morgan fingerprint density at radius 3 is 2.40 bits per heavy atom. The average molecular weight is 226 g/mol. The van der Waals surface area contributed by atoms with Crippen LogP contribution in [0, 0.1) is 0 Å². The molecule has 0 aromatic carbocycles. The molecular weight excluding hydrogens is 204 g/mol. The van der Waals surface area contributed by atoms with Crippen LogP contribution in [0.25, 0.3) is 0 Å². The number of aromatic nitrogens is 1. The number of nitrogens with zero attached hydrogens (tertiary/aromatic N) is 1. The minimum Gasteiger partial charge on any atom is -0.323 e. The predicted molar refractivity (Wildman–Crippen MR) is 67.4 cm³/mol. The molecule has 1 rings (SSSR count). The van der Waals surface area contributed by atoms with Gasteiger partial charge in [-0.15, -0.1) is 11.3 Å². The van der Waals surface area contributed by atoms with Crippen LogP contribution in [0.2, 0.25) is 0 Å². The molecule has 0 amide bonds. The van der Waals surface area contributed by atoms with Crippen LogP contribution in [-0.4, -0.2) is 4.98 Å². The molecule has 0 fully saturated rings. The fourth-order valence-electron chi connectivity index (χ4n) is 1.46. The largest absolute Gasteiger partial charge is 0.323 e. The molecule has 1 unspecified atom stereocenters. The molecule has 0 aliphatic carbocycles. The highest BCUT2D eigenvalue weighted by Crippen LogP contribution is 2.32. The quantitative estimate of drug-likeness (QED) is 0.857. The monoisotopic (exact) mass is 226 g/mol. The van der Waals surface area contributed by atoms with Gasteiger partial charge in [-0.25, -0.2) is 4.98 Å². The van der Waals surface area contributed by atoms with Crippen molar-refractivity contribution in [1.29, 1.82) is 0 Å². The summed E-state index contributed by atoms with van der Waals surface area (Å²) < 4.78 is 0. The first-order valence-corrected chi connectivity index (χ1v) is 6.43. The zero-order valence-corrected chi connectivity index (χ0v) is 11.2. The molecule has 0 saturated carbocycles. The van der Waals surface area contributed by atoms with Gasteiger partial charge < -0.3 is 5.73 Å². The molecule has 1 aromatic heterocycles. The second-order valence-electron chi connectivity index (χ2n) is 5.12. The zero-order chi connectivity index (χ0) is 11.6. The molecule has 0 saturated heterocycles. The highest BCUT2D eigenvalue weighted by atomic mass is 32.1. The number of thiazole rings is 1. The Hall–Kier alpha value is -0.410. The Labute approximate surface area is 96.9 Å². The third-order valence-corrected chi connectivity index (χ3v) is 3.99. The smallest absolute Gasteiger partial charge is 0.0985 e. The maximum Gasteiger partial charge on any atom is 0.0985 e. The number of hydrogen-bond acceptors (Lipinski definition) is 3. The Balaban J connectivity index is 3.09. The van der Waals surface area contributed by atoms with Gasteiger partial charge in [-0.1, -0.05) is 34.1 Å². The lowest BCUT2D eigenvalue weighted by Gasteiger charge is -2.13. The predicted octanol–water partition coefficient (Wildman–Crippen LogP) is 3.41. The van der Waals surface area contributed by atoms with Crippen LogP contribution in [-0.2, 0) is 11.8 Å². The van der Waals surface area contributed by atoms with E-state index in [1.807, 2.05) is 6.92 Å². The SMILES string of the molecule is CCCc1nc(C(C)(C)C)sc1C(C)N. The van der Waals surface area contributed by atoms with Gasteiger partial charge in [0.2, 0.25) is 0 Å². The van der Waals surface area contributed by atoms with Crippen molar-refractivity contribution in [3.05, 3.63) is 15.6 Å². The Morgan fingerprint density at radius 1 is 1.40 bits per heavy atom. The van der Waals surface area contributed by atoms with Crippen molar-refractivity contribution in [2.75, 3.05) is 0 Å². The van der Waals surface area contributed by atoms with Gasteiger partial charge >= 0.3 is 0 Å². The van der Waals surface area contributed by atoms with Gasteiger partial charge in [0.25, 0.3) is 0 Å². The first-order valence-electron chi connectivity index (χ1n) is 5.62. The van der Waals surface area contributed by atoms with Crippen molar-refractivity contribution in [2.24, 2.45) is 5.73 Å². The van der Waals surface area contributed by atoms with Gasteiger partial charge in [0.15, 0.2) is 0 Å². The third-order valence-electron chi connectivity index (χ3n) is 2.27. The molecule has 86 valence electrons. The Morgan fingerprint density at radius 2 is 2.00 bits per heavy atom. The standard InChI is InChI=1S/C12H22N2S/c1-6-7-9-10(8(2)13)15-11(14-9)12(3,4)5/h8H,6-7,13H2,1-5H3. The van der Waals surface area contributed by atoms with E-state index in [2.05, 4.69) is 27.7 Å². The van der Waals surface area contributed by atoms with Crippen LogP contribution in [0.4, 0.5) is 0 Å². The first kappa shape index (κ1) is 12.7. The highest BCUT2D eigenvalue weighted by molar-refractivity contribution is 7.12. The van der Waals surface area contributed by atoms with E-state index < -0.39 is 0 Å². The fourth-order valence-corrected chi connectivity index (χ4v) is 2.58. The lowest BCUT2D eigenvalue weighted by Crippen LogP contribution is -2.10. The highest BCUT2D eigenvalue weighted by Gasteiger charge is 2.22. The van der Waals surface area contributed by atoms with Gasteiger partial charge in [0, 0.05) is 16.3 Å². The van der Waals surface area contributed by atoms with Gasteiger partial charge in [-0.05, 0) is 13.3 Å². The normalized spacial score (nSPS) is 14.3. The van der Waals surface area contributed by atoms with Crippen LogP contribution in [0.1, 0.15) is 62.7 Å². The summed E-state index contributed by atoms with van der Waals surface area (Å²) in [6.07, 6.45) is 2.18. The number of aryl methyl sites for hydroxylation is 1. The van der Waals surface area contributed by atoms with Crippen molar-refractivity contribution in [3.8, 4) is 0 Å². The van der Waals surface area contributed by atoms with E-state index in [0.29, 0.717) is 0 Å². The summed E-state index contributed by atoms with van der Waals surface area (Å²) in [4.78, 5) is 6.00. The first-order chi connectivity index (χ1) is 6.86. The second-order valence-corrected chi connectivity index (χ2v) is 6.15. The third kappa shape index (κ3) is 3.02. The summed E-state index contributed by atoms with van der Waals surface area (Å²) in [5, 5.41) is 1.21. The summed E-state index contributed by atoms with van der Waals surface area (Å²) in [7, 11) is 0. The molecule has 1 heterocycles. The molecule has 0 radical (unpaired) electrons. The van der Waals surface area contributed by atoms with Gasteiger partial charge in [0.1, 0.15) is 0 Å². The van der Waals surface area contributed by atoms with E-state index in [0.717, 1.165) is 12.8 Å². The van der Waals surface area contributed by atoms with Crippen molar-refractivity contribution >= 4 is 11.3 Å². The fraction of sp³-hybridized carbons (Fsp3) is 0.750. The van der Waals surface area contributed by atoms with E-state index in [9.17, 15) is 0 Å². The van der Waals surface area contributed by atoms with Crippen molar-refractivity contribution < 1.29 is 0 Å². The minimum absolute atomic E-state index is 0.111. The maximum atomic E-state index is 5.97. The summed E-state index contributed by atoms with van der Waals surface area (Å²) in [6, 6.07) is 0.111. The summed E-state index contributed by atoms with van der Waals surface area (Å²) >= 11 is 1.78. The summed E-state index contributed by atoms with van der Waals surface area (Å²) in [6.45, 7) is 10.8. The van der Waals surface area contributed by atoms with E-state index >= 15 is 0 Å². The van der Waals surface area contributed by atoms with Crippen molar-refractivity contribution in [2.45, 2.75) is 58.9 Å². The molecule has 3 heteroatoms. The molecule has 0 spiro atoms. The van der Waals surface area contributed by atoms with Gasteiger partial charge in [-0.2, -0.15) is 0 Å². The molecule has 0 aliphatic rings. The summed E-state index contributed by atoms with van der Waals surface area (Å²) in [5.74, 6) is 0. The topological polar surface area (TPSA) is 38.9 Å². The van der Waals surface area contributed by atoms with E-state index in [-0.39, 0.29) is 11.5 Å². The second kappa shape index (κ2) is 4.62. The van der Waals surface area contributed by atoms with Crippen molar-refractivity contribution in [3.63, 3.8) is 0 Å². The molecule has 0 bridgehead atoms. The van der Waals surface area contributed by atoms with Crippen LogP contribution in [0.15, 0.2) is 0 Å².